The van der Waals surface area contributed by atoms with Crippen LogP contribution in [0.4, 0.5) is 13.2 Å². The first-order valence-electron chi connectivity index (χ1n) is 7.79. The van der Waals surface area contributed by atoms with E-state index in [1.807, 2.05) is 6.92 Å². The molecule has 0 amide bonds. The van der Waals surface area contributed by atoms with Crippen LogP contribution >= 0.6 is 0 Å². The highest BCUT2D eigenvalue weighted by Crippen LogP contribution is 2.33. The van der Waals surface area contributed by atoms with Crippen molar-refractivity contribution in [1.29, 1.82) is 0 Å². The molecule has 2 heterocycles. The average Bonchev–Trinajstić information content (AvgIpc) is 2.91. The van der Waals surface area contributed by atoms with Crippen molar-refractivity contribution < 1.29 is 17.7 Å². The Kier molecular flexibility index (Phi) is 5.84. The van der Waals surface area contributed by atoms with Crippen molar-refractivity contribution in [2.75, 3.05) is 26.2 Å². The number of aryl methyl sites for hydroxylation is 1. The van der Waals surface area contributed by atoms with Gasteiger partial charge in [0.2, 0.25) is 5.89 Å². The minimum atomic E-state index is -4.16. The van der Waals surface area contributed by atoms with Gasteiger partial charge >= 0.3 is 6.18 Å². The van der Waals surface area contributed by atoms with E-state index in [0.29, 0.717) is 50.2 Å². The Balaban J connectivity index is 1.97. The quantitative estimate of drug-likeness (QED) is 0.676. The number of halogens is 3. The molecule has 1 aliphatic rings. The Morgan fingerprint density at radius 3 is 2.87 bits per heavy atom. The highest BCUT2D eigenvalue weighted by Gasteiger charge is 2.42. The van der Waals surface area contributed by atoms with Gasteiger partial charge in [0.25, 0.3) is 0 Å². The summed E-state index contributed by atoms with van der Waals surface area (Å²) in [5.41, 5.74) is 0. The summed E-state index contributed by atoms with van der Waals surface area (Å²) in [6, 6.07) is 0. The largest absolute Gasteiger partial charge is 0.393 e. The Bertz CT molecular complexity index is 529. The normalized spacial score (nSPS) is 20.0. The molecule has 1 aromatic heterocycles. The maximum atomic E-state index is 12.9. The van der Waals surface area contributed by atoms with Crippen LogP contribution in [0.25, 0.3) is 0 Å². The fraction of sp³-hybridized carbons (Fsp3) is 0.786. The number of nitrogens with one attached hydrogen (secondary N) is 1. The third-order valence-electron chi connectivity index (χ3n) is 3.68. The molecule has 1 aliphatic heterocycles. The van der Waals surface area contributed by atoms with Crippen LogP contribution in [0.2, 0.25) is 0 Å². The zero-order valence-electron chi connectivity index (χ0n) is 13.4. The van der Waals surface area contributed by atoms with Crippen LogP contribution in [0, 0.1) is 12.8 Å². The molecule has 0 aromatic carbocycles. The number of aromatic nitrogens is 2. The maximum Gasteiger partial charge on any atom is 0.393 e. The van der Waals surface area contributed by atoms with Gasteiger partial charge in [0.15, 0.2) is 11.8 Å². The summed E-state index contributed by atoms with van der Waals surface area (Å²) < 4.78 is 43.8. The predicted octanol–water partition coefficient (Wildman–Crippen LogP) is 2.16. The first-order valence-corrected chi connectivity index (χ1v) is 7.79. The van der Waals surface area contributed by atoms with E-state index in [9.17, 15) is 13.2 Å². The summed E-state index contributed by atoms with van der Waals surface area (Å²) in [6.07, 6.45) is -3.00. The van der Waals surface area contributed by atoms with E-state index in [-0.39, 0.29) is 13.0 Å². The minimum Gasteiger partial charge on any atom is -0.357 e. The first-order chi connectivity index (χ1) is 10.9. The molecule has 1 N–H and O–H groups in total. The number of likely N-dealkylation sites (tertiary alicyclic amines) is 1. The second-order valence-corrected chi connectivity index (χ2v) is 5.55. The molecular weight excluding hydrogens is 311 g/mol. The lowest BCUT2D eigenvalue weighted by Crippen LogP contribution is -2.49. The molecule has 6 nitrogen and oxygen atoms in total. The van der Waals surface area contributed by atoms with Gasteiger partial charge in [0.1, 0.15) is 0 Å². The van der Waals surface area contributed by atoms with Crippen LogP contribution in [-0.2, 0) is 6.42 Å². The Morgan fingerprint density at radius 2 is 2.26 bits per heavy atom. The SMILES string of the molecule is CCNC(=NCCc1nc(C)no1)N1CCC[C@@H](C(F)(F)F)C1. The molecule has 0 unspecified atom stereocenters. The van der Waals surface area contributed by atoms with Crippen molar-refractivity contribution in [3.8, 4) is 0 Å². The highest BCUT2D eigenvalue weighted by molar-refractivity contribution is 5.80. The Morgan fingerprint density at radius 1 is 1.48 bits per heavy atom. The van der Waals surface area contributed by atoms with Gasteiger partial charge in [-0.3, -0.25) is 4.99 Å². The van der Waals surface area contributed by atoms with Gasteiger partial charge in [-0.2, -0.15) is 18.2 Å². The van der Waals surface area contributed by atoms with Gasteiger partial charge in [-0.15, -0.1) is 0 Å². The van der Waals surface area contributed by atoms with E-state index >= 15 is 0 Å². The van der Waals surface area contributed by atoms with Gasteiger partial charge < -0.3 is 14.7 Å². The van der Waals surface area contributed by atoms with Gasteiger partial charge in [0.05, 0.1) is 12.5 Å². The Labute approximate surface area is 133 Å². The molecule has 0 aliphatic carbocycles. The lowest BCUT2D eigenvalue weighted by Gasteiger charge is -2.35. The summed E-state index contributed by atoms with van der Waals surface area (Å²) in [4.78, 5) is 10.2. The van der Waals surface area contributed by atoms with E-state index in [4.69, 9.17) is 4.52 Å². The van der Waals surface area contributed by atoms with E-state index in [1.54, 1.807) is 11.8 Å². The van der Waals surface area contributed by atoms with Gasteiger partial charge in [-0.25, -0.2) is 0 Å². The second kappa shape index (κ2) is 7.65. The summed E-state index contributed by atoms with van der Waals surface area (Å²) in [7, 11) is 0. The molecule has 0 bridgehead atoms. The van der Waals surface area contributed by atoms with Gasteiger partial charge in [-0.1, -0.05) is 5.16 Å². The molecule has 130 valence electrons. The highest BCUT2D eigenvalue weighted by atomic mass is 19.4. The van der Waals surface area contributed by atoms with E-state index in [1.165, 1.54) is 0 Å². The molecule has 1 aromatic rings. The van der Waals surface area contributed by atoms with Gasteiger partial charge in [-0.05, 0) is 26.7 Å². The van der Waals surface area contributed by atoms with Crippen LogP contribution in [0.5, 0.6) is 0 Å². The van der Waals surface area contributed by atoms with E-state index < -0.39 is 12.1 Å². The summed E-state index contributed by atoms with van der Waals surface area (Å²) in [6.45, 7) is 5.14. The zero-order valence-corrected chi connectivity index (χ0v) is 13.4. The van der Waals surface area contributed by atoms with Gasteiger partial charge in [0, 0.05) is 26.1 Å². The molecule has 0 spiro atoms. The van der Waals surface area contributed by atoms with E-state index in [2.05, 4.69) is 20.4 Å². The third kappa shape index (κ3) is 5.11. The molecule has 0 saturated carbocycles. The van der Waals surface area contributed by atoms with Crippen molar-refractivity contribution >= 4 is 5.96 Å². The molecule has 2 rings (SSSR count). The van der Waals surface area contributed by atoms with E-state index in [0.717, 1.165) is 0 Å². The van der Waals surface area contributed by atoms with Crippen molar-refractivity contribution in [1.82, 2.24) is 20.4 Å². The molecule has 1 saturated heterocycles. The maximum absolute atomic E-state index is 12.9. The van der Waals surface area contributed by atoms with Crippen molar-refractivity contribution in [3.05, 3.63) is 11.7 Å². The van der Waals surface area contributed by atoms with Crippen LogP contribution in [0.3, 0.4) is 0 Å². The van der Waals surface area contributed by atoms with Crippen molar-refractivity contribution in [2.24, 2.45) is 10.9 Å². The topological polar surface area (TPSA) is 66.5 Å². The predicted molar refractivity (Wildman–Crippen MR) is 79.1 cm³/mol. The fourth-order valence-corrected chi connectivity index (χ4v) is 2.56. The number of aliphatic imine (C=N–C) groups is 1. The van der Waals surface area contributed by atoms with Crippen molar-refractivity contribution in [2.45, 2.75) is 39.3 Å². The molecule has 1 fully saturated rings. The lowest BCUT2D eigenvalue weighted by atomic mass is 9.98. The molecular formula is C14H22F3N5O. The summed E-state index contributed by atoms with van der Waals surface area (Å²) >= 11 is 0. The van der Waals surface area contributed by atoms with Crippen molar-refractivity contribution in [3.63, 3.8) is 0 Å². The number of piperidine rings is 1. The third-order valence-corrected chi connectivity index (χ3v) is 3.68. The molecule has 1 atom stereocenters. The monoisotopic (exact) mass is 333 g/mol. The first kappa shape index (κ1) is 17.6. The lowest BCUT2D eigenvalue weighted by molar-refractivity contribution is -0.183. The smallest absolute Gasteiger partial charge is 0.357 e. The Hall–Kier alpha value is -1.80. The number of alkyl halides is 3. The van der Waals surface area contributed by atoms with Crippen LogP contribution in [0.15, 0.2) is 9.52 Å². The standard InChI is InChI=1S/C14H22F3N5O/c1-3-18-13(19-7-6-12-20-10(2)21-23-12)22-8-4-5-11(9-22)14(15,16)17/h11H,3-9H2,1-2H3,(H,18,19)/t11-/m1/s1. The molecule has 23 heavy (non-hydrogen) atoms. The summed E-state index contributed by atoms with van der Waals surface area (Å²) in [5, 5.41) is 6.75. The number of rotatable bonds is 4. The molecule has 0 radical (unpaired) electrons. The zero-order chi connectivity index (χ0) is 16.9. The number of guanidine groups is 1. The number of nitrogens with zero attached hydrogens (tertiary/aromatic N) is 4. The fourth-order valence-electron chi connectivity index (χ4n) is 2.56. The van der Waals surface area contributed by atoms with Crippen LogP contribution in [0.1, 0.15) is 31.5 Å². The second-order valence-electron chi connectivity index (χ2n) is 5.55. The number of hydrogen-bond donors (Lipinski definition) is 1. The number of hydrogen-bond acceptors (Lipinski definition) is 4. The minimum absolute atomic E-state index is 0.0466. The van der Waals surface area contributed by atoms with Crippen LogP contribution < -0.4 is 5.32 Å². The molecule has 9 heteroatoms. The summed E-state index contributed by atoms with van der Waals surface area (Å²) in [5.74, 6) is 0.255. The average molecular weight is 333 g/mol. The van der Waals surface area contributed by atoms with Crippen LogP contribution in [-0.4, -0.2) is 53.4 Å².